The lowest BCUT2D eigenvalue weighted by Crippen LogP contribution is -2.48. The number of amides is 1. The lowest BCUT2D eigenvalue weighted by Gasteiger charge is -2.30. The number of hydrogen-bond acceptors (Lipinski definition) is 5. The molecule has 0 aromatic carbocycles. The summed E-state index contributed by atoms with van der Waals surface area (Å²) < 4.78 is 27.1. The Balaban J connectivity index is 2.04. The molecule has 1 saturated heterocycles. The van der Waals surface area contributed by atoms with Crippen LogP contribution in [0, 0.1) is 5.41 Å². The molecule has 24 heavy (non-hydrogen) atoms. The molecule has 136 valence electrons. The topological polar surface area (TPSA) is 69.7 Å². The molecule has 1 unspecified atom stereocenters. The maximum Gasteiger partial charge on any atom is 0.253 e. The number of carbonyl (C=O) groups excluding carboxylic acids is 1. The molecule has 2 heterocycles. The fraction of sp³-hybridized carbons (Fsp3) is 0.688. The SMILES string of the molecule is CN(C)CC(C)(C)CNC(=O)C1CCCN1S(=O)(=O)c1cccs1. The Morgan fingerprint density at radius 1 is 1.46 bits per heavy atom. The van der Waals surface area contributed by atoms with E-state index in [2.05, 4.69) is 24.1 Å². The van der Waals surface area contributed by atoms with Gasteiger partial charge in [-0.25, -0.2) is 8.42 Å². The van der Waals surface area contributed by atoms with Crippen molar-refractivity contribution in [3.8, 4) is 0 Å². The van der Waals surface area contributed by atoms with E-state index in [0.29, 0.717) is 30.1 Å². The Labute approximate surface area is 148 Å². The predicted octanol–water partition coefficient (Wildman–Crippen LogP) is 1.61. The van der Waals surface area contributed by atoms with E-state index < -0.39 is 16.1 Å². The van der Waals surface area contributed by atoms with E-state index in [1.807, 2.05) is 14.1 Å². The Bertz CT molecular complexity index is 654. The largest absolute Gasteiger partial charge is 0.354 e. The first kappa shape index (κ1) is 19.4. The second-order valence-corrected chi connectivity index (χ2v) is 10.4. The summed E-state index contributed by atoms with van der Waals surface area (Å²) in [4.78, 5) is 14.7. The van der Waals surface area contributed by atoms with Crippen molar-refractivity contribution in [1.82, 2.24) is 14.5 Å². The molecular weight excluding hydrogens is 346 g/mol. The summed E-state index contributed by atoms with van der Waals surface area (Å²) in [5, 5.41) is 4.69. The Kier molecular flexibility index (Phi) is 6.06. The van der Waals surface area contributed by atoms with Crippen molar-refractivity contribution in [2.75, 3.05) is 33.7 Å². The van der Waals surface area contributed by atoms with Gasteiger partial charge in [-0.3, -0.25) is 4.79 Å². The highest BCUT2D eigenvalue weighted by Crippen LogP contribution is 2.28. The fourth-order valence-electron chi connectivity index (χ4n) is 3.17. The van der Waals surface area contributed by atoms with E-state index in [1.165, 1.54) is 15.6 Å². The predicted molar refractivity (Wildman–Crippen MR) is 96.6 cm³/mol. The van der Waals surface area contributed by atoms with Gasteiger partial charge < -0.3 is 10.2 Å². The molecule has 0 aliphatic carbocycles. The van der Waals surface area contributed by atoms with Gasteiger partial charge in [0.2, 0.25) is 5.91 Å². The third-order valence-corrected chi connectivity index (χ3v) is 7.33. The Morgan fingerprint density at radius 2 is 2.17 bits per heavy atom. The molecule has 1 amide bonds. The molecule has 1 aliphatic heterocycles. The summed E-state index contributed by atoms with van der Waals surface area (Å²) in [6.45, 7) is 5.94. The summed E-state index contributed by atoms with van der Waals surface area (Å²) in [6.07, 6.45) is 1.29. The van der Waals surface area contributed by atoms with Gasteiger partial charge in [0.05, 0.1) is 0 Å². The van der Waals surface area contributed by atoms with Crippen LogP contribution in [0.3, 0.4) is 0 Å². The Morgan fingerprint density at radius 3 is 2.75 bits per heavy atom. The lowest BCUT2D eigenvalue weighted by atomic mass is 9.93. The van der Waals surface area contributed by atoms with Gasteiger partial charge in [0, 0.05) is 19.6 Å². The van der Waals surface area contributed by atoms with Crippen LogP contribution in [0.25, 0.3) is 0 Å². The van der Waals surface area contributed by atoms with E-state index in [0.717, 1.165) is 6.54 Å². The normalized spacial score (nSPS) is 19.8. The zero-order chi connectivity index (χ0) is 18.0. The number of thiophene rings is 1. The molecule has 0 saturated carbocycles. The number of hydrogen-bond donors (Lipinski definition) is 1. The second kappa shape index (κ2) is 7.51. The molecule has 0 spiro atoms. The summed E-state index contributed by atoms with van der Waals surface area (Å²) >= 11 is 1.19. The van der Waals surface area contributed by atoms with E-state index in [4.69, 9.17) is 0 Å². The molecule has 8 heteroatoms. The number of nitrogens with one attached hydrogen (secondary N) is 1. The molecule has 0 bridgehead atoms. The smallest absolute Gasteiger partial charge is 0.253 e. The van der Waals surface area contributed by atoms with Gasteiger partial charge in [0.25, 0.3) is 10.0 Å². The van der Waals surface area contributed by atoms with Gasteiger partial charge in [-0.15, -0.1) is 11.3 Å². The maximum absolute atomic E-state index is 12.7. The van der Waals surface area contributed by atoms with Crippen LogP contribution < -0.4 is 5.32 Å². The van der Waals surface area contributed by atoms with Gasteiger partial charge in [-0.1, -0.05) is 19.9 Å². The van der Waals surface area contributed by atoms with Gasteiger partial charge in [0.1, 0.15) is 10.3 Å². The average Bonchev–Trinajstić information content (AvgIpc) is 3.14. The van der Waals surface area contributed by atoms with E-state index in [-0.39, 0.29) is 11.3 Å². The van der Waals surface area contributed by atoms with Crippen molar-refractivity contribution in [2.45, 2.75) is 36.9 Å². The van der Waals surface area contributed by atoms with Crippen molar-refractivity contribution in [1.29, 1.82) is 0 Å². The van der Waals surface area contributed by atoms with Crippen molar-refractivity contribution in [3.05, 3.63) is 17.5 Å². The number of sulfonamides is 1. The fourth-order valence-corrected chi connectivity index (χ4v) is 5.95. The van der Waals surface area contributed by atoms with Gasteiger partial charge in [-0.2, -0.15) is 4.31 Å². The maximum atomic E-state index is 12.7. The first-order chi connectivity index (χ1) is 11.1. The summed E-state index contributed by atoms with van der Waals surface area (Å²) in [5.41, 5.74) is -0.0742. The van der Waals surface area contributed by atoms with Crippen LogP contribution in [0.1, 0.15) is 26.7 Å². The minimum Gasteiger partial charge on any atom is -0.354 e. The standard InChI is InChI=1S/C16H27N3O3S2/c1-16(2,12-18(3)4)11-17-15(20)13-7-5-9-19(13)24(21,22)14-8-6-10-23-14/h6,8,10,13H,5,7,9,11-12H2,1-4H3,(H,17,20). The molecule has 1 aromatic heterocycles. The van der Waals surface area contributed by atoms with E-state index >= 15 is 0 Å². The zero-order valence-corrected chi connectivity index (χ0v) is 16.4. The molecular formula is C16H27N3O3S2. The molecule has 0 radical (unpaired) electrons. The number of nitrogens with zero attached hydrogens (tertiary/aromatic N) is 2. The van der Waals surface area contributed by atoms with Crippen LogP contribution in [0.5, 0.6) is 0 Å². The molecule has 2 rings (SSSR count). The monoisotopic (exact) mass is 373 g/mol. The number of rotatable bonds is 7. The van der Waals surface area contributed by atoms with Crippen molar-refractivity contribution in [3.63, 3.8) is 0 Å². The van der Waals surface area contributed by atoms with Crippen LogP contribution in [-0.2, 0) is 14.8 Å². The minimum atomic E-state index is -3.58. The highest BCUT2D eigenvalue weighted by molar-refractivity contribution is 7.91. The molecule has 1 aromatic rings. The average molecular weight is 374 g/mol. The van der Waals surface area contributed by atoms with Gasteiger partial charge >= 0.3 is 0 Å². The van der Waals surface area contributed by atoms with E-state index in [1.54, 1.807) is 17.5 Å². The molecule has 1 N–H and O–H groups in total. The van der Waals surface area contributed by atoms with Crippen LogP contribution >= 0.6 is 11.3 Å². The van der Waals surface area contributed by atoms with Crippen LogP contribution in [0.2, 0.25) is 0 Å². The number of carbonyl (C=O) groups is 1. The highest BCUT2D eigenvalue weighted by atomic mass is 32.2. The zero-order valence-electron chi connectivity index (χ0n) is 14.8. The van der Waals surface area contributed by atoms with Crippen molar-refractivity contribution >= 4 is 27.3 Å². The van der Waals surface area contributed by atoms with E-state index in [9.17, 15) is 13.2 Å². The third-order valence-electron chi connectivity index (χ3n) is 4.05. The summed E-state index contributed by atoms with van der Waals surface area (Å²) in [5.74, 6) is -0.195. The van der Waals surface area contributed by atoms with Gasteiger partial charge in [0.15, 0.2) is 0 Å². The van der Waals surface area contributed by atoms with Gasteiger partial charge in [-0.05, 0) is 43.8 Å². The summed E-state index contributed by atoms with van der Waals surface area (Å²) in [6, 6.07) is 2.70. The quantitative estimate of drug-likeness (QED) is 0.788. The molecule has 1 aliphatic rings. The molecule has 1 fully saturated rings. The molecule has 1 atom stereocenters. The third kappa shape index (κ3) is 4.56. The van der Waals surface area contributed by atoms with Crippen molar-refractivity contribution < 1.29 is 13.2 Å². The highest BCUT2D eigenvalue weighted by Gasteiger charge is 2.40. The van der Waals surface area contributed by atoms with Crippen LogP contribution in [0.15, 0.2) is 21.7 Å². The minimum absolute atomic E-state index is 0.0742. The summed E-state index contributed by atoms with van der Waals surface area (Å²) in [7, 11) is 0.412. The van der Waals surface area contributed by atoms with Crippen molar-refractivity contribution in [2.24, 2.45) is 5.41 Å². The molecule has 6 nitrogen and oxygen atoms in total. The Hall–Kier alpha value is -0.960. The van der Waals surface area contributed by atoms with Crippen LogP contribution in [0.4, 0.5) is 0 Å². The second-order valence-electron chi connectivity index (χ2n) is 7.33. The first-order valence-electron chi connectivity index (χ1n) is 8.11. The van der Waals surface area contributed by atoms with Crippen LogP contribution in [-0.4, -0.2) is 63.3 Å². The lowest BCUT2D eigenvalue weighted by molar-refractivity contribution is -0.124. The first-order valence-corrected chi connectivity index (χ1v) is 10.4.